The molecule has 100 valence electrons. The van der Waals surface area contributed by atoms with Crippen molar-refractivity contribution < 1.29 is 13.7 Å². The first-order valence-corrected chi connectivity index (χ1v) is 7.54. The second-order valence-corrected chi connectivity index (χ2v) is 6.18. The quantitative estimate of drug-likeness (QED) is 0.714. The van der Waals surface area contributed by atoms with Crippen molar-refractivity contribution >= 4 is 16.6 Å². The highest BCUT2D eigenvalue weighted by molar-refractivity contribution is 7.85. The molecule has 0 saturated carbocycles. The molecule has 0 heterocycles. The molecule has 0 saturated heterocycles. The van der Waals surface area contributed by atoms with Crippen molar-refractivity contribution in [1.82, 2.24) is 0 Å². The molecule has 0 aliphatic heterocycles. The molecule has 4 heteroatoms. The monoisotopic (exact) mass is 268 g/mol. The van der Waals surface area contributed by atoms with Crippen molar-refractivity contribution in [2.24, 2.45) is 0 Å². The second kappa shape index (κ2) is 7.31. The number of carbonyl (C=O) groups is 1. The molecule has 0 aliphatic rings. The fourth-order valence-electron chi connectivity index (χ4n) is 1.50. The summed E-state index contributed by atoms with van der Waals surface area (Å²) in [6, 6.07) is 7.14. The fraction of sp³-hybridized carbons (Fsp3) is 0.500. The molecule has 2 unspecified atom stereocenters. The van der Waals surface area contributed by atoms with Crippen LogP contribution < -0.4 is 4.74 Å². The summed E-state index contributed by atoms with van der Waals surface area (Å²) in [5.41, 5.74) is 0.576. The number of hydrogen-bond donors (Lipinski definition) is 0. The van der Waals surface area contributed by atoms with E-state index in [1.54, 1.807) is 18.2 Å². The zero-order valence-electron chi connectivity index (χ0n) is 11.1. The van der Waals surface area contributed by atoms with Crippen LogP contribution in [0.25, 0.3) is 0 Å². The van der Waals surface area contributed by atoms with Gasteiger partial charge < -0.3 is 4.74 Å². The average Bonchev–Trinajstić information content (AvgIpc) is 2.38. The van der Waals surface area contributed by atoms with Gasteiger partial charge in [-0.3, -0.25) is 9.00 Å². The molecule has 0 N–H and O–H groups in total. The molecule has 18 heavy (non-hydrogen) atoms. The second-order valence-electron chi connectivity index (χ2n) is 4.20. The van der Waals surface area contributed by atoms with Crippen molar-refractivity contribution in [2.45, 2.75) is 32.4 Å². The Balaban J connectivity index is 2.54. The predicted octanol–water partition coefficient (Wildman–Crippen LogP) is 2.82. The van der Waals surface area contributed by atoms with Crippen LogP contribution in [0.2, 0.25) is 0 Å². The summed E-state index contributed by atoms with van der Waals surface area (Å²) >= 11 is 0. The van der Waals surface area contributed by atoms with Crippen molar-refractivity contribution in [3.8, 4) is 5.75 Å². The van der Waals surface area contributed by atoms with Gasteiger partial charge >= 0.3 is 0 Å². The molecular formula is C14H20O3S. The van der Waals surface area contributed by atoms with Gasteiger partial charge in [0, 0.05) is 16.0 Å². The fourth-order valence-corrected chi connectivity index (χ4v) is 2.53. The molecule has 1 aromatic rings. The Hall–Kier alpha value is -1.16. The first kappa shape index (κ1) is 14.9. The summed E-state index contributed by atoms with van der Waals surface area (Å²) in [4.78, 5) is 11.4. The van der Waals surface area contributed by atoms with Crippen LogP contribution >= 0.6 is 0 Å². The number of para-hydroxylation sites is 1. The van der Waals surface area contributed by atoms with Gasteiger partial charge in [0.05, 0.1) is 17.9 Å². The number of benzene rings is 1. The lowest BCUT2D eigenvalue weighted by Gasteiger charge is -2.11. The molecule has 0 bridgehead atoms. The van der Waals surface area contributed by atoms with E-state index in [0.717, 1.165) is 6.42 Å². The van der Waals surface area contributed by atoms with Gasteiger partial charge in [-0.1, -0.05) is 26.0 Å². The number of rotatable bonds is 7. The molecule has 0 aromatic heterocycles. The standard InChI is InChI=1S/C14H20O3S/c1-4-11(2)18(16)10-9-17-14-8-6-5-7-13(14)12(3)15/h5-8,11H,4,9-10H2,1-3H3. The molecule has 3 nitrogen and oxygen atoms in total. The molecule has 0 aliphatic carbocycles. The Morgan fingerprint density at radius 3 is 2.67 bits per heavy atom. The van der Waals surface area contributed by atoms with E-state index >= 15 is 0 Å². The van der Waals surface area contributed by atoms with Gasteiger partial charge in [0.1, 0.15) is 5.75 Å². The van der Waals surface area contributed by atoms with Gasteiger partial charge in [-0.15, -0.1) is 0 Å². The SMILES string of the molecule is CCC(C)S(=O)CCOc1ccccc1C(C)=O. The molecule has 0 fully saturated rings. The van der Waals surface area contributed by atoms with Crippen LogP contribution in [-0.4, -0.2) is 27.6 Å². The van der Waals surface area contributed by atoms with E-state index < -0.39 is 10.8 Å². The predicted molar refractivity (Wildman–Crippen MR) is 74.7 cm³/mol. The smallest absolute Gasteiger partial charge is 0.163 e. The topological polar surface area (TPSA) is 43.4 Å². The summed E-state index contributed by atoms with van der Waals surface area (Å²) in [5, 5.41) is 0.191. The highest BCUT2D eigenvalue weighted by Crippen LogP contribution is 2.18. The Morgan fingerprint density at radius 1 is 1.39 bits per heavy atom. The van der Waals surface area contributed by atoms with E-state index in [2.05, 4.69) is 0 Å². The Labute approximate surface area is 111 Å². The van der Waals surface area contributed by atoms with Crippen LogP contribution in [0.4, 0.5) is 0 Å². The highest BCUT2D eigenvalue weighted by Gasteiger charge is 2.10. The van der Waals surface area contributed by atoms with Crippen LogP contribution in [0.3, 0.4) is 0 Å². The minimum Gasteiger partial charge on any atom is -0.492 e. The zero-order chi connectivity index (χ0) is 13.5. The number of Topliss-reactive ketones (excluding diaryl/α,β-unsaturated/α-hetero) is 1. The van der Waals surface area contributed by atoms with Gasteiger partial charge in [0.2, 0.25) is 0 Å². The van der Waals surface area contributed by atoms with E-state index in [1.165, 1.54) is 6.92 Å². The highest BCUT2D eigenvalue weighted by atomic mass is 32.2. The minimum atomic E-state index is -0.866. The lowest BCUT2D eigenvalue weighted by atomic mass is 10.1. The maximum Gasteiger partial charge on any atom is 0.163 e. The Morgan fingerprint density at radius 2 is 2.06 bits per heavy atom. The maximum absolute atomic E-state index is 11.7. The average molecular weight is 268 g/mol. The van der Waals surface area contributed by atoms with Crippen LogP contribution in [0.5, 0.6) is 5.75 Å². The van der Waals surface area contributed by atoms with Gasteiger partial charge in [-0.2, -0.15) is 0 Å². The molecule has 1 rings (SSSR count). The summed E-state index contributed by atoms with van der Waals surface area (Å²) in [7, 11) is -0.866. The van der Waals surface area contributed by atoms with Crippen LogP contribution in [0.1, 0.15) is 37.6 Å². The molecule has 0 radical (unpaired) electrons. The van der Waals surface area contributed by atoms with Gasteiger partial charge in [-0.05, 0) is 25.5 Å². The molecular weight excluding hydrogens is 248 g/mol. The van der Waals surface area contributed by atoms with Gasteiger partial charge in [-0.25, -0.2) is 0 Å². The normalized spacial score (nSPS) is 13.9. The number of ketones is 1. The van der Waals surface area contributed by atoms with Crippen molar-refractivity contribution in [3.63, 3.8) is 0 Å². The first-order chi connectivity index (χ1) is 8.56. The van der Waals surface area contributed by atoms with Gasteiger partial charge in [0.15, 0.2) is 5.78 Å². The van der Waals surface area contributed by atoms with Crippen molar-refractivity contribution in [2.75, 3.05) is 12.4 Å². The van der Waals surface area contributed by atoms with E-state index in [0.29, 0.717) is 23.7 Å². The van der Waals surface area contributed by atoms with E-state index in [-0.39, 0.29) is 11.0 Å². The van der Waals surface area contributed by atoms with Gasteiger partial charge in [0.25, 0.3) is 0 Å². The number of hydrogen-bond acceptors (Lipinski definition) is 3. The molecule has 1 aromatic carbocycles. The Kier molecular flexibility index (Phi) is 6.05. The third-order valence-corrected chi connectivity index (χ3v) is 4.63. The van der Waals surface area contributed by atoms with Crippen LogP contribution in [-0.2, 0) is 10.8 Å². The third-order valence-electron chi connectivity index (χ3n) is 2.83. The molecule has 0 spiro atoms. The zero-order valence-corrected chi connectivity index (χ0v) is 12.0. The Bertz CT molecular complexity index is 429. The molecule has 0 amide bonds. The van der Waals surface area contributed by atoms with Crippen molar-refractivity contribution in [1.29, 1.82) is 0 Å². The minimum absolute atomic E-state index is 0.0198. The van der Waals surface area contributed by atoms with Crippen LogP contribution in [0.15, 0.2) is 24.3 Å². The van der Waals surface area contributed by atoms with E-state index in [1.807, 2.05) is 19.9 Å². The summed E-state index contributed by atoms with van der Waals surface area (Å²) in [5.74, 6) is 1.06. The van der Waals surface area contributed by atoms with E-state index in [9.17, 15) is 9.00 Å². The largest absolute Gasteiger partial charge is 0.492 e. The third kappa shape index (κ3) is 4.26. The van der Waals surface area contributed by atoms with Crippen LogP contribution in [0, 0.1) is 0 Å². The number of carbonyl (C=O) groups excluding carboxylic acids is 1. The van der Waals surface area contributed by atoms with E-state index in [4.69, 9.17) is 4.74 Å². The lowest BCUT2D eigenvalue weighted by Crippen LogP contribution is -2.18. The maximum atomic E-state index is 11.7. The summed E-state index contributed by atoms with van der Waals surface area (Å²) in [6.07, 6.45) is 0.899. The summed E-state index contributed by atoms with van der Waals surface area (Å²) in [6.45, 7) is 5.88. The summed E-state index contributed by atoms with van der Waals surface area (Å²) < 4.78 is 17.3. The lowest BCUT2D eigenvalue weighted by molar-refractivity contribution is 0.101. The first-order valence-electron chi connectivity index (χ1n) is 6.16. The molecule has 2 atom stereocenters. The van der Waals surface area contributed by atoms with Crippen molar-refractivity contribution in [3.05, 3.63) is 29.8 Å². The number of ether oxygens (including phenoxy) is 1.